The number of rotatable bonds is 3. The molecule has 1 aliphatic rings. The molecule has 0 saturated heterocycles. The fourth-order valence-electron chi connectivity index (χ4n) is 2.97. The highest BCUT2D eigenvalue weighted by atomic mass is 16.5. The highest BCUT2D eigenvalue weighted by molar-refractivity contribution is 5.89. The van der Waals surface area contributed by atoms with Crippen LogP contribution in [0.5, 0.6) is 0 Å². The van der Waals surface area contributed by atoms with Gasteiger partial charge in [0.25, 0.3) is 0 Å². The lowest BCUT2D eigenvalue weighted by Crippen LogP contribution is -2.38. The molecule has 1 aliphatic heterocycles. The molecule has 2 aromatic carbocycles. The number of carbonyl (C=O) groups is 1. The number of ether oxygens (including phenoxy) is 1. The zero-order valence-electron chi connectivity index (χ0n) is 13.6. The molecular formula is C19H22N2O2. The Bertz CT molecular complexity index is 692. The van der Waals surface area contributed by atoms with Crippen LogP contribution >= 0.6 is 0 Å². The quantitative estimate of drug-likeness (QED) is 0.910. The van der Waals surface area contributed by atoms with E-state index in [4.69, 9.17) is 4.74 Å². The Labute approximate surface area is 136 Å². The monoisotopic (exact) mass is 310 g/mol. The summed E-state index contributed by atoms with van der Waals surface area (Å²) >= 11 is 0. The number of nitrogens with one attached hydrogen (secondary N) is 2. The molecule has 120 valence electrons. The Balaban J connectivity index is 1.52. The third kappa shape index (κ3) is 4.11. The molecule has 0 saturated carbocycles. The van der Waals surface area contributed by atoms with Gasteiger partial charge in [0, 0.05) is 18.7 Å². The molecule has 1 atom stereocenters. The number of hydrogen-bond acceptors (Lipinski definition) is 2. The van der Waals surface area contributed by atoms with E-state index in [1.165, 1.54) is 11.1 Å². The minimum Gasteiger partial charge on any atom is -0.371 e. The van der Waals surface area contributed by atoms with E-state index in [1.807, 2.05) is 38.1 Å². The average molecular weight is 310 g/mol. The molecule has 2 N–H and O–H groups in total. The van der Waals surface area contributed by atoms with Crippen molar-refractivity contribution < 1.29 is 9.53 Å². The van der Waals surface area contributed by atoms with E-state index in [2.05, 4.69) is 28.8 Å². The van der Waals surface area contributed by atoms with Crippen molar-refractivity contribution >= 4 is 11.7 Å². The number of fused-ring (bicyclic) bond motifs is 1. The second-order valence-corrected chi connectivity index (χ2v) is 6.12. The molecule has 4 heteroatoms. The maximum atomic E-state index is 12.0. The molecule has 0 bridgehead atoms. The molecule has 3 rings (SSSR count). The number of benzene rings is 2. The first kappa shape index (κ1) is 15.6. The van der Waals surface area contributed by atoms with Crippen molar-refractivity contribution in [2.75, 3.05) is 11.9 Å². The maximum absolute atomic E-state index is 12.0. The molecule has 1 unspecified atom stereocenters. The third-order valence-electron chi connectivity index (χ3n) is 4.01. The summed E-state index contributed by atoms with van der Waals surface area (Å²) in [4.78, 5) is 12.0. The summed E-state index contributed by atoms with van der Waals surface area (Å²) < 4.78 is 5.80. The van der Waals surface area contributed by atoms with E-state index in [-0.39, 0.29) is 12.1 Å². The van der Waals surface area contributed by atoms with Crippen LogP contribution in [0.25, 0.3) is 0 Å². The van der Waals surface area contributed by atoms with Gasteiger partial charge in [-0.25, -0.2) is 4.79 Å². The van der Waals surface area contributed by atoms with E-state index in [1.54, 1.807) is 0 Å². The van der Waals surface area contributed by atoms with Crippen LogP contribution in [-0.4, -0.2) is 18.7 Å². The summed E-state index contributed by atoms with van der Waals surface area (Å²) in [6.07, 6.45) is 0.856. The number of anilines is 1. The first-order valence-electron chi connectivity index (χ1n) is 7.92. The average Bonchev–Trinajstić information content (AvgIpc) is 2.52. The van der Waals surface area contributed by atoms with Gasteiger partial charge in [-0.2, -0.15) is 0 Å². The van der Waals surface area contributed by atoms with E-state index in [9.17, 15) is 4.79 Å². The molecule has 0 fully saturated rings. The lowest BCUT2D eigenvalue weighted by atomic mass is 9.99. The molecule has 0 spiro atoms. The number of amides is 2. The van der Waals surface area contributed by atoms with Gasteiger partial charge < -0.3 is 15.4 Å². The second kappa shape index (κ2) is 6.84. The predicted molar refractivity (Wildman–Crippen MR) is 91.7 cm³/mol. The van der Waals surface area contributed by atoms with Gasteiger partial charge in [-0.05, 0) is 48.2 Å². The lowest BCUT2D eigenvalue weighted by Gasteiger charge is -2.25. The summed E-state index contributed by atoms with van der Waals surface area (Å²) in [5.41, 5.74) is 5.62. The summed E-state index contributed by atoms with van der Waals surface area (Å²) in [6, 6.07) is 14.1. The minimum atomic E-state index is -0.197. The van der Waals surface area contributed by atoms with Crippen molar-refractivity contribution in [3.05, 3.63) is 64.7 Å². The van der Waals surface area contributed by atoms with Crippen molar-refractivity contribution in [3.63, 3.8) is 0 Å². The van der Waals surface area contributed by atoms with Crippen molar-refractivity contribution in [2.24, 2.45) is 0 Å². The van der Waals surface area contributed by atoms with E-state index >= 15 is 0 Å². The standard InChI is InChI=1S/C19H22N2O2/c1-13-7-14(2)9-17(8-13)21-19(22)20-11-18-10-15-5-3-4-6-16(15)12-23-18/h3-9,18H,10-12H2,1-2H3,(H2,20,21,22). The Morgan fingerprint density at radius 1 is 1.13 bits per heavy atom. The Kier molecular flexibility index (Phi) is 4.63. The number of urea groups is 1. The van der Waals surface area contributed by atoms with Crippen molar-refractivity contribution in [3.8, 4) is 0 Å². The van der Waals surface area contributed by atoms with Gasteiger partial charge in [-0.15, -0.1) is 0 Å². The SMILES string of the molecule is Cc1cc(C)cc(NC(=O)NCC2Cc3ccccc3CO2)c1. The first-order valence-corrected chi connectivity index (χ1v) is 7.92. The van der Waals surface area contributed by atoms with Crippen molar-refractivity contribution in [2.45, 2.75) is 33.0 Å². The minimum absolute atomic E-state index is 0.0231. The zero-order chi connectivity index (χ0) is 16.2. The second-order valence-electron chi connectivity index (χ2n) is 6.12. The van der Waals surface area contributed by atoms with E-state index in [0.717, 1.165) is 23.2 Å². The van der Waals surface area contributed by atoms with Crippen LogP contribution in [0.15, 0.2) is 42.5 Å². The van der Waals surface area contributed by atoms with Gasteiger partial charge in [0.1, 0.15) is 0 Å². The van der Waals surface area contributed by atoms with Gasteiger partial charge >= 0.3 is 6.03 Å². The molecule has 0 aliphatic carbocycles. The van der Waals surface area contributed by atoms with Crippen molar-refractivity contribution in [1.82, 2.24) is 5.32 Å². The summed E-state index contributed by atoms with van der Waals surface area (Å²) in [6.45, 7) is 5.15. The fraction of sp³-hybridized carbons (Fsp3) is 0.316. The van der Waals surface area contributed by atoms with Crippen LogP contribution in [0.3, 0.4) is 0 Å². The Morgan fingerprint density at radius 2 is 1.83 bits per heavy atom. The van der Waals surface area contributed by atoms with E-state index < -0.39 is 0 Å². The number of hydrogen-bond donors (Lipinski definition) is 2. The zero-order valence-corrected chi connectivity index (χ0v) is 13.6. The third-order valence-corrected chi connectivity index (χ3v) is 4.01. The Morgan fingerprint density at radius 3 is 2.57 bits per heavy atom. The van der Waals surface area contributed by atoms with Crippen LogP contribution < -0.4 is 10.6 Å². The Hall–Kier alpha value is -2.33. The van der Waals surface area contributed by atoms with Gasteiger partial charge in [-0.1, -0.05) is 30.3 Å². The number of aryl methyl sites for hydroxylation is 2. The summed E-state index contributed by atoms with van der Waals surface area (Å²) in [5, 5.41) is 5.77. The smallest absolute Gasteiger partial charge is 0.319 e. The van der Waals surface area contributed by atoms with Crippen LogP contribution in [-0.2, 0) is 17.8 Å². The maximum Gasteiger partial charge on any atom is 0.319 e. The first-order chi connectivity index (χ1) is 11.1. The molecule has 0 radical (unpaired) electrons. The fourth-order valence-corrected chi connectivity index (χ4v) is 2.97. The number of carbonyl (C=O) groups excluding carboxylic acids is 1. The highest BCUT2D eigenvalue weighted by Crippen LogP contribution is 2.20. The molecule has 23 heavy (non-hydrogen) atoms. The molecule has 0 aromatic heterocycles. The molecular weight excluding hydrogens is 288 g/mol. The molecule has 1 heterocycles. The van der Waals surface area contributed by atoms with Gasteiger partial charge in [-0.3, -0.25) is 0 Å². The van der Waals surface area contributed by atoms with Crippen LogP contribution in [0.1, 0.15) is 22.3 Å². The van der Waals surface area contributed by atoms with Crippen LogP contribution in [0.4, 0.5) is 10.5 Å². The predicted octanol–water partition coefficient (Wildman–Crippen LogP) is 3.57. The van der Waals surface area contributed by atoms with Gasteiger partial charge in [0.2, 0.25) is 0 Å². The summed E-state index contributed by atoms with van der Waals surface area (Å²) in [7, 11) is 0. The van der Waals surface area contributed by atoms with Gasteiger partial charge in [0.05, 0.1) is 12.7 Å². The molecule has 4 nitrogen and oxygen atoms in total. The molecule has 2 amide bonds. The van der Waals surface area contributed by atoms with Crippen LogP contribution in [0.2, 0.25) is 0 Å². The topological polar surface area (TPSA) is 50.4 Å². The van der Waals surface area contributed by atoms with Gasteiger partial charge in [0.15, 0.2) is 0 Å². The lowest BCUT2D eigenvalue weighted by molar-refractivity contribution is 0.0308. The largest absolute Gasteiger partial charge is 0.371 e. The summed E-state index contributed by atoms with van der Waals surface area (Å²) in [5.74, 6) is 0. The van der Waals surface area contributed by atoms with Crippen molar-refractivity contribution in [1.29, 1.82) is 0 Å². The normalized spacial score (nSPS) is 16.5. The molecule has 2 aromatic rings. The highest BCUT2D eigenvalue weighted by Gasteiger charge is 2.19. The van der Waals surface area contributed by atoms with Crippen LogP contribution in [0, 0.1) is 13.8 Å². The van der Waals surface area contributed by atoms with E-state index in [0.29, 0.717) is 13.2 Å².